The van der Waals surface area contributed by atoms with Gasteiger partial charge in [-0.1, -0.05) is 12.1 Å². The maximum absolute atomic E-state index is 6.39. The molecule has 0 aliphatic heterocycles. The van der Waals surface area contributed by atoms with Gasteiger partial charge in [-0.05, 0) is 17.7 Å². The third kappa shape index (κ3) is 3.40. The Kier molecular flexibility index (Phi) is 4.43. The highest BCUT2D eigenvalue weighted by molar-refractivity contribution is 5.26. The lowest BCUT2D eigenvalue weighted by Crippen LogP contribution is -2.15. The molecule has 0 aliphatic rings. The number of hydrogen-bond acceptors (Lipinski definition) is 5. The van der Waals surface area contributed by atoms with E-state index in [1.807, 2.05) is 24.3 Å². The van der Waals surface area contributed by atoms with Crippen LogP contribution in [0.3, 0.4) is 0 Å². The molecule has 14 heavy (non-hydrogen) atoms. The molecule has 2 N–H and O–H groups in total. The van der Waals surface area contributed by atoms with E-state index in [1.165, 1.54) is 0 Å². The van der Waals surface area contributed by atoms with E-state index in [1.54, 1.807) is 7.11 Å². The number of hydrogen-bond donors (Lipinski definition) is 2. The van der Waals surface area contributed by atoms with E-state index in [9.17, 15) is 0 Å². The number of rotatable bonds is 6. The summed E-state index contributed by atoms with van der Waals surface area (Å²) in [5.41, 5.74) is 7.51. The first-order valence-electron chi connectivity index (χ1n) is 4.19. The molecule has 0 unspecified atom stereocenters. The molecule has 0 aliphatic carbocycles. The summed E-state index contributed by atoms with van der Waals surface area (Å²) >= 11 is 0. The first-order chi connectivity index (χ1) is 6.86. The first-order valence-corrected chi connectivity index (χ1v) is 4.19. The van der Waals surface area contributed by atoms with Crippen LogP contribution in [-0.2, 0) is 11.4 Å². The summed E-state index contributed by atoms with van der Waals surface area (Å²) in [4.78, 5) is 4.46. The lowest BCUT2D eigenvalue weighted by atomic mass is 10.2. The summed E-state index contributed by atoms with van der Waals surface area (Å²) in [6.45, 7) is 0.926. The fourth-order valence-corrected chi connectivity index (χ4v) is 1.02. The third-order valence-electron chi connectivity index (χ3n) is 1.72. The van der Waals surface area contributed by atoms with Crippen LogP contribution in [0.5, 0.6) is 5.75 Å². The van der Waals surface area contributed by atoms with Crippen molar-refractivity contribution in [1.82, 2.24) is 5.32 Å². The summed E-state index contributed by atoms with van der Waals surface area (Å²) in [5, 5.41) is 5.73. The molecule has 0 atom stereocenters. The molecule has 0 saturated heterocycles. The normalized spacial score (nSPS) is 9.50. The van der Waals surface area contributed by atoms with E-state index in [2.05, 4.69) is 15.4 Å². The van der Waals surface area contributed by atoms with Gasteiger partial charge in [0, 0.05) is 11.8 Å². The first kappa shape index (κ1) is 10.5. The molecular formula is C9H13N3O2. The minimum atomic E-state index is 0.246. The second-order valence-electron chi connectivity index (χ2n) is 2.64. The van der Waals surface area contributed by atoms with Gasteiger partial charge in [0.15, 0.2) is 6.73 Å². The molecule has 0 spiro atoms. The van der Waals surface area contributed by atoms with Crippen LogP contribution in [0.25, 0.3) is 0 Å². The predicted octanol–water partition coefficient (Wildman–Crippen LogP) is 1.70. The fourth-order valence-electron chi connectivity index (χ4n) is 1.02. The van der Waals surface area contributed by atoms with Crippen molar-refractivity contribution >= 4 is 0 Å². The SMILES string of the molecule is COc1ccc(CNCON=N)cc1. The zero-order chi connectivity index (χ0) is 10.2. The molecule has 0 fully saturated rings. The largest absolute Gasteiger partial charge is 0.497 e. The average Bonchev–Trinajstić information content (AvgIpc) is 2.25. The van der Waals surface area contributed by atoms with Crippen molar-refractivity contribution in [3.63, 3.8) is 0 Å². The van der Waals surface area contributed by atoms with Gasteiger partial charge in [0.2, 0.25) is 0 Å². The van der Waals surface area contributed by atoms with Gasteiger partial charge in [-0.2, -0.15) is 5.53 Å². The highest BCUT2D eigenvalue weighted by Gasteiger charge is 1.93. The lowest BCUT2D eigenvalue weighted by Gasteiger charge is -2.04. The van der Waals surface area contributed by atoms with Crippen molar-refractivity contribution in [2.45, 2.75) is 6.54 Å². The molecular weight excluding hydrogens is 182 g/mol. The van der Waals surface area contributed by atoms with Crippen molar-refractivity contribution in [1.29, 1.82) is 5.53 Å². The molecule has 5 heteroatoms. The maximum Gasteiger partial charge on any atom is 0.170 e. The Labute approximate surface area is 82.5 Å². The Morgan fingerprint density at radius 1 is 1.36 bits per heavy atom. The van der Waals surface area contributed by atoms with E-state index in [0.29, 0.717) is 6.54 Å². The van der Waals surface area contributed by atoms with Crippen molar-refractivity contribution in [2.75, 3.05) is 13.8 Å². The standard InChI is InChI=1S/C9H13N3O2/c1-13-9-4-2-8(3-5-9)6-11-7-14-12-10/h2-5,10-11H,6-7H2,1H3. The van der Waals surface area contributed by atoms with Crippen LogP contribution >= 0.6 is 0 Å². The van der Waals surface area contributed by atoms with Gasteiger partial charge < -0.3 is 9.57 Å². The Morgan fingerprint density at radius 2 is 2.07 bits per heavy atom. The summed E-state index contributed by atoms with van der Waals surface area (Å²) < 4.78 is 5.03. The summed E-state index contributed by atoms with van der Waals surface area (Å²) in [6.07, 6.45) is 0. The van der Waals surface area contributed by atoms with E-state index in [4.69, 9.17) is 10.3 Å². The van der Waals surface area contributed by atoms with Gasteiger partial charge >= 0.3 is 0 Å². The summed E-state index contributed by atoms with van der Waals surface area (Å²) in [6, 6.07) is 7.72. The number of benzene rings is 1. The minimum absolute atomic E-state index is 0.246. The molecule has 1 aromatic carbocycles. The smallest absolute Gasteiger partial charge is 0.170 e. The number of methoxy groups -OCH3 is 1. The quantitative estimate of drug-likeness (QED) is 0.314. The fraction of sp³-hybridized carbons (Fsp3) is 0.333. The molecule has 1 rings (SSSR count). The Bertz CT molecular complexity index is 274. The van der Waals surface area contributed by atoms with E-state index >= 15 is 0 Å². The molecule has 0 aromatic heterocycles. The highest BCUT2D eigenvalue weighted by Crippen LogP contribution is 2.10. The molecule has 76 valence electrons. The molecule has 5 nitrogen and oxygen atoms in total. The van der Waals surface area contributed by atoms with Crippen molar-refractivity contribution in [2.24, 2.45) is 5.28 Å². The molecule has 1 aromatic rings. The Hall–Kier alpha value is -1.62. The van der Waals surface area contributed by atoms with E-state index in [-0.39, 0.29) is 6.73 Å². The molecule has 0 amide bonds. The van der Waals surface area contributed by atoms with Crippen molar-refractivity contribution in [3.05, 3.63) is 29.8 Å². The highest BCUT2D eigenvalue weighted by atomic mass is 16.6. The van der Waals surface area contributed by atoms with Crippen molar-refractivity contribution in [3.8, 4) is 5.75 Å². The predicted molar refractivity (Wildman–Crippen MR) is 50.9 cm³/mol. The van der Waals surface area contributed by atoms with Crippen LogP contribution < -0.4 is 10.1 Å². The maximum atomic E-state index is 6.39. The third-order valence-corrected chi connectivity index (χ3v) is 1.72. The molecule has 0 bridgehead atoms. The number of nitrogens with one attached hydrogen (secondary N) is 2. The zero-order valence-corrected chi connectivity index (χ0v) is 7.99. The summed E-state index contributed by atoms with van der Waals surface area (Å²) in [7, 11) is 1.64. The Balaban J connectivity index is 2.32. The van der Waals surface area contributed by atoms with Crippen LogP contribution in [0.15, 0.2) is 29.5 Å². The molecule has 0 radical (unpaired) electrons. The number of nitrogens with zero attached hydrogens (tertiary/aromatic N) is 1. The topological polar surface area (TPSA) is 66.7 Å². The second kappa shape index (κ2) is 5.93. The van der Waals surface area contributed by atoms with Gasteiger partial charge in [0.25, 0.3) is 0 Å². The van der Waals surface area contributed by atoms with Gasteiger partial charge in [-0.3, -0.25) is 5.32 Å². The summed E-state index contributed by atoms with van der Waals surface area (Å²) in [5.74, 6) is 0.839. The molecule has 0 heterocycles. The van der Waals surface area contributed by atoms with E-state index < -0.39 is 0 Å². The van der Waals surface area contributed by atoms with Crippen LogP contribution in [0, 0.1) is 5.53 Å². The van der Waals surface area contributed by atoms with Gasteiger partial charge in [-0.15, -0.1) is 0 Å². The van der Waals surface area contributed by atoms with Crippen LogP contribution in [0.1, 0.15) is 5.56 Å². The van der Waals surface area contributed by atoms with Crippen LogP contribution in [0.4, 0.5) is 0 Å². The second-order valence-corrected chi connectivity index (χ2v) is 2.64. The number of ether oxygens (including phenoxy) is 1. The van der Waals surface area contributed by atoms with Crippen LogP contribution in [0.2, 0.25) is 0 Å². The molecule has 0 saturated carbocycles. The minimum Gasteiger partial charge on any atom is -0.497 e. The van der Waals surface area contributed by atoms with Crippen LogP contribution in [-0.4, -0.2) is 13.8 Å². The lowest BCUT2D eigenvalue weighted by molar-refractivity contribution is 0.0988. The van der Waals surface area contributed by atoms with Gasteiger partial charge in [-0.25, -0.2) is 0 Å². The zero-order valence-electron chi connectivity index (χ0n) is 7.99. The monoisotopic (exact) mass is 195 g/mol. The van der Waals surface area contributed by atoms with E-state index in [0.717, 1.165) is 11.3 Å². The van der Waals surface area contributed by atoms with Gasteiger partial charge in [0.05, 0.1) is 7.11 Å². The Morgan fingerprint density at radius 3 is 2.64 bits per heavy atom. The van der Waals surface area contributed by atoms with Crippen molar-refractivity contribution < 1.29 is 9.57 Å². The van der Waals surface area contributed by atoms with Gasteiger partial charge in [0.1, 0.15) is 5.75 Å². The average molecular weight is 195 g/mol.